The molecular weight excluding hydrogens is 597 g/mol. The van der Waals surface area contributed by atoms with Gasteiger partial charge in [0, 0.05) is 41.1 Å². The number of carbonyl (C=O) groups excluding carboxylic acids is 2. The summed E-state index contributed by atoms with van der Waals surface area (Å²) < 4.78 is 8.14. The van der Waals surface area contributed by atoms with Crippen molar-refractivity contribution >= 4 is 45.0 Å². The van der Waals surface area contributed by atoms with Crippen LogP contribution in [-0.4, -0.2) is 45.5 Å². The first-order valence-corrected chi connectivity index (χ1v) is 16.8. The standard InChI is InChI=1S/C36H40N6O3S/c1-3-27(4-2)38-35(44)39-28-14-18-30(19-15-28)45-33-22-37-36(46-33)40-34(43)25-12-16-29(17-13-25)42-24-26(23-41-20-8-5-9-21-41)31-10-6-7-11-32(31)42/h6-7,10-19,22,24,27H,3-5,8-9,20-21,23H2,1-2H3,(H,37,40,43)(H2,38,39,44). The topological polar surface area (TPSA) is 101 Å². The normalized spacial score (nSPS) is 13.5. The van der Waals surface area contributed by atoms with E-state index in [0.29, 0.717) is 27.2 Å². The van der Waals surface area contributed by atoms with Gasteiger partial charge in [0.2, 0.25) is 5.06 Å². The summed E-state index contributed by atoms with van der Waals surface area (Å²) in [7, 11) is 0. The second kappa shape index (κ2) is 14.6. The number of anilines is 2. The summed E-state index contributed by atoms with van der Waals surface area (Å²) in [6, 6.07) is 23.2. The van der Waals surface area contributed by atoms with Crippen molar-refractivity contribution in [2.75, 3.05) is 23.7 Å². The molecule has 3 amide bonds. The Morgan fingerprint density at radius 1 is 0.913 bits per heavy atom. The molecule has 1 fully saturated rings. The molecule has 0 atom stereocenters. The number of para-hydroxylation sites is 1. The van der Waals surface area contributed by atoms with E-state index in [9.17, 15) is 9.59 Å². The third-order valence-electron chi connectivity index (χ3n) is 8.40. The molecule has 0 spiro atoms. The molecule has 0 aliphatic carbocycles. The maximum atomic E-state index is 13.1. The van der Waals surface area contributed by atoms with Gasteiger partial charge in [-0.15, -0.1) is 0 Å². The van der Waals surface area contributed by atoms with Crippen LogP contribution in [0.3, 0.4) is 0 Å². The SMILES string of the molecule is CCC(CC)NC(=O)Nc1ccc(Oc2cnc(NC(=O)c3ccc(-n4cc(CN5CCCCC5)c5ccccc54)cc3)s2)cc1. The predicted molar refractivity (Wildman–Crippen MR) is 186 cm³/mol. The number of likely N-dealkylation sites (tertiary alicyclic amines) is 1. The van der Waals surface area contributed by atoms with Crippen LogP contribution in [0.25, 0.3) is 16.6 Å². The summed E-state index contributed by atoms with van der Waals surface area (Å²) in [5, 5.41) is 10.9. The molecule has 6 rings (SSSR count). The predicted octanol–water partition coefficient (Wildman–Crippen LogP) is 8.43. The van der Waals surface area contributed by atoms with Crippen LogP contribution in [0.4, 0.5) is 15.6 Å². The molecule has 10 heteroatoms. The van der Waals surface area contributed by atoms with E-state index in [4.69, 9.17) is 4.74 Å². The molecule has 5 aromatic rings. The molecule has 0 saturated carbocycles. The lowest BCUT2D eigenvalue weighted by Gasteiger charge is -2.26. The second-order valence-corrected chi connectivity index (χ2v) is 12.6. The van der Waals surface area contributed by atoms with E-state index in [-0.39, 0.29) is 18.0 Å². The van der Waals surface area contributed by atoms with Gasteiger partial charge in [0.25, 0.3) is 5.91 Å². The Balaban J connectivity index is 1.06. The van der Waals surface area contributed by atoms with Crippen molar-refractivity contribution in [3.8, 4) is 16.5 Å². The molecular formula is C36H40N6O3S. The average Bonchev–Trinajstić information content (AvgIpc) is 3.69. The van der Waals surface area contributed by atoms with Crippen LogP contribution in [0.1, 0.15) is 61.9 Å². The molecule has 0 radical (unpaired) electrons. The molecule has 3 heterocycles. The molecule has 3 aromatic carbocycles. The van der Waals surface area contributed by atoms with Crippen LogP contribution in [0.15, 0.2) is 85.2 Å². The van der Waals surface area contributed by atoms with Gasteiger partial charge < -0.3 is 19.9 Å². The number of piperidine rings is 1. The highest BCUT2D eigenvalue weighted by molar-refractivity contribution is 7.17. The van der Waals surface area contributed by atoms with Gasteiger partial charge in [0.1, 0.15) is 5.75 Å². The summed E-state index contributed by atoms with van der Waals surface area (Å²) in [6.07, 6.45) is 9.44. The first kappa shape index (κ1) is 31.3. The number of rotatable bonds is 11. The minimum atomic E-state index is -0.238. The number of benzene rings is 3. The number of hydrogen-bond acceptors (Lipinski definition) is 6. The van der Waals surface area contributed by atoms with Crippen molar-refractivity contribution in [1.82, 2.24) is 19.8 Å². The van der Waals surface area contributed by atoms with E-state index in [2.05, 4.69) is 60.9 Å². The van der Waals surface area contributed by atoms with Crippen molar-refractivity contribution in [2.45, 2.75) is 58.5 Å². The fourth-order valence-corrected chi connectivity index (χ4v) is 6.51. The lowest BCUT2D eigenvalue weighted by Crippen LogP contribution is -2.37. The number of urea groups is 1. The Labute approximate surface area is 273 Å². The number of nitrogens with one attached hydrogen (secondary N) is 3. The smallest absolute Gasteiger partial charge is 0.319 e. The highest BCUT2D eigenvalue weighted by Gasteiger charge is 2.16. The van der Waals surface area contributed by atoms with E-state index in [1.54, 1.807) is 30.5 Å². The monoisotopic (exact) mass is 636 g/mol. The highest BCUT2D eigenvalue weighted by atomic mass is 32.1. The van der Waals surface area contributed by atoms with Gasteiger partial charge in [-0.05, 0) is 98.9 Å². The van der Waals surface area contributed by atoms with Crippen LogP contribution in [0.2, 0.25) is 0 Å². The summed E-state index contributed by atoms with van der Waals surface area (Å²) in [6.45, 7) is 7.35. The fraction of sp³-hybridized carbons (Fsp3) is 0.306. The van der Waals surface area contributed by atoms with Crippen molar-refractivity contribution in [3.05, 3.63) is 96.3 Å². The number of ether oxygens (including phenoxy) is 1. The number of hydrogen-bond donors (Lipinski definition) is 3. The Morgan fingerprint density at radius 2 is 1.65 bits per heavy atom. The fourth-order valence-electron chi connectivity index (χ4n) is 5.82. The van der Waals surface area contributed by atoms with E-state index >= 15 is 0 Å². The van der Waals surface area contributed by atoms with E-state index in [1.807, 2.05) is 38.1 Å². The number of amides is 3. The van der Waals surface area contributed by atoms with E-state index in [1.165, 1.54) is 41.5 Å². The maximum absolute atomic E-state index is 13.1. The van der Waals surface area contributed by atoms with Gasteiger partial charge in [-0.1, -0.05) is 49.8 Å². The van der Waals surface area contributed by atoms with Gasteiger partial charge in [0.05, 0.1) is 11.7 Å². The Kier molecular flexibility index (Phi) is 9.95. The van der Waals surface area contributed by atoms with Crippen LogP contribution in [0, 0.1) is 0 Å². The largest absolute Gasteiger partial charge is 0.445 e. The van der Waals surface area contributed by atoms with Gasteiger partial charge in [-0.3, -0.25) is 15.0 Å². The van der Waals surface area contributed by atoms with Gasteiger partial charge in [-0.25, -0.2) is 9.78 Å². The molecule has 46 heavy (non-hydrogen) atoms. The minimum absolute atomic E-state index is 0.149. The molecule has 238 valence electrons. The third-order valence-corrected chi connectivity index (χ3v) is 9.19. The molecule has 2 aromatic heterocycles. The lowest BCUT2D eigenvalue weighted by atomic mass is 10.1. The van der Waals surface area contributed by atoms with E-state index < -0.39 is 0 Å². The van der Waals surface area contributed by atoms with Crippen LogP contribution in [-0.2, 0) is 6.54 Å². The summed E-state index contributed by atoms with van der Waals surface area (Å²) in [4.78, 5) is 32.1. The molecule has 1 aliphatic rings. The number of nitrogens with zero attached hydrogens (tertiary/aromatic N) is 3. The average molecular weight is 637 g/mol. The van der Waals surface area contributed by atoms with Gasteiger partial charge >= 0.3 is 6.03 Å². The molecule has 9 nitrogen and oxygen atoms in total. The van der Waals surface area contributed by atoms with Crippen molar-refractivity contribution in [2.24, 2.45) is 0 Å². The molecule has 1 aliphatic heterocycles. The number of thiazole rings is 1. The van der Waals surface area contributed by atoms with Crippen molar-refractivity contribution < 1.29 is 14.3 Å². The molecule has 1 saturated heterocycles. The van der Waals surface area contributed by atoms with Crippen LogP contribution >= 0.6 is 11.3 Å². The van der Waals surface area contributed by atoms with E-state index in [0.717, 1.165) is 43.7 Å². The lowest BCUT2D eigenvalue weighted by molar-refractivity contribution is 0.102. The molecule has 0 bridgehead atoms. The van der Waals surface area contributed by atoms with Gasteiger partial charge in [0.15, 0.2) is 5.13 Å². The molecule has 3 N–H and O–H groups in total. The zero-order valence-corrected chi connectivity index (χ0v) is 27.1. The Morgan fingerprint density at radius 3 is 2.39 bits per heavy atom. The summed E-state index contributed by atoms with van der Waals surface area (Å²) in [5.41, 5.74) is 4.71. The number of fused-ring (bicyclic) bond motifs is 1. The van der Waals surface area contributed by atoms with Crippen LogP contribution in [0.5, 0.6) is 10.8 Å². The first-order valence-electron chi connectivity index (χ1n) is 16.0. The number of aromatic nitrogens is 2. The molecule has 0 unspecified atom stereocenters. The zero-order chi connectivity index (χ0) is 31.9. The summed E-state index contributed by atoms with van der Waals surface area (Å²) >= 11 is 1.24. The third kappa shape index (κ3) is 7.58. The Bertz CT molecular complexity index is 1770. The highest BCUT2D eigenvalue weighted by Crippen LogP contribution is 2.31. The summed E-state index contributed by atoms with van der Waals surface area (Å²) in [5.74, 6) is 0.359. The van der Waals surface area contributed by atoms with Gasteiger partial charge in [-0.2, -0.15) is 0 Å². The quantitative estimate of drug-likeness (QED) is 0.135. The van der Waals surface area contributed by atoms with Crippen molar-refractivity contribution in [1.29, 1.82) is 0 Å². The maximum Gasteiger partial charge on any atom is 0.319 e. The second-order valence-electron chi connectivity index (χ2n) is 11.6. The Hall–Kier alpha value is -4.67. The zero-order valence-electron chi connectivity index (χ0n) is 26.3. The number of carbonyl (C=O) groups is 2. The first-order chi connectivity index (χ1) is 22.5. The van der Waals surface area contributed by atoms with Crippen LogP contribution < -0.4 is 20.7 Å². The minimum Gasteiger partial charge on any atom is -0.445 e. The van der Waals surface area contributed by atoms with Crippen molar-refractivity contribution in [3.63, 3.8) is 0 Å².